The molecule has 0 aromatic carbocycles. The number of hydrogen-bond acceptors (Lipinski definition) is 4. The molecule has 0 aromatic rings. The maximum atomic E-state index is 4.09. The highest BCUT2D eigenvalue weighted by molar-refractivity contribution is 5.56. The van der Waals surface area contributed by atoms with E-state index in [1.807, 2.05) is 12.5 Å². The third-order valence-electron chi connectivity index (χ3n) is 2.14. The number of hydrogen-bond donors (Lipinski definition) is 1. The molecule has 12 heavy (non-hydrogen) atoms. The van der Waals surface area contributed by atoms with Gasteiger partial charge in [0.25, 0.3) is 0 Å². The van der Waals surface area contributed by atoms with Crippen LogP contribution in [0.25, 0.3) is 0 Å². The number of nitrogens with zero attached hydrogens (tertiary/aromatic N) is 3. The van der Waals surface area contributed by atoms with E-state index in [4.69, 9.17) is 0 Å². The van der Waals surface area contributed by atoms with Crippen LogP contribution in [0.5, 0.6) is 0 Å². The molecule has 0 unspecified atom stereocenters. The summed E-state index contributed by atoms with van der Waals surface area (Å²) in [6.45, 7) is 5.28. The molecule has 2 rings (SSSR count). The molecule has 0 spiro atoms. The Labute approximate surface area is 72.5 Å². The molecule has 66 valence electrons. The Morgan fingerprint density at radius 1 is 1.25 bits per heavy atom. The Hall–Kier alpha value is -0.870. The largest absolute Gasteiger partial charge is 0.314 e. The molecule has 2 aliphatic rings. The Morgan fingerprint density at radius 2 is 2.08 bits per heavy atom. The molecule has 0 radical (unpaired) electrons. The summed E-state index contributed by atoms with van der Waals surface area (Å²) in [7, 11) is 0. The van der Waals surface area contributed by atoms with Crippen LogP contribution in [-0.2, 0) is 0 Å². The molecule has 1 fully saturated rings. The smallest absolute Gasteiger partial charge is 0.105 e. The third kappa shape index (κ3) is 1.65. The lowest BCUT2D eigenvalue weighted by Gasteiger charge is -2.36. The van der Waals surface area contributed by atoms with E-state index >= 15 is 0 Å². The molecule has 0 atom stereocenters. The quantitative estimate of drug-likeness (QED) is 0.578. The van der Waals surface area contributed by atoms with Gasteiger partial charge in [0, 0.05) is 32.4 Å². The van der Waals surface area contributed by atoms with Gasteiger partial charge >= 0.3 is 0 Å². The highest BCUT2D eigenvalue weighted by Crippen LogP contribution is 2.01. The number of rotatable bonds is 1. The summed E-state index contributed by atoms with van der Waals surface area (Å²) >= 11 is 0. The molecule has 4 heteroatoms. The average molecular weight is 166 g/mol. The number of aliphatic imine (C=N–C) groups is 1. The standard InChI is InChI=1S/C8H14N4/c1-2-10-8-12(5-1)11-6-3-9-4-7-11/h1-2,8-9H,3-7H2. The monoisotopic (exact) mass is 166 g/mol. The lowest BCUT2D eigenvalue weighted by atomic mass is 10.4. The van der Waals surface area contributed by atoms with Crippen LogP contribution in [-0.4, -0.2) is 49.1 Å². The second-order valence-electron chi connectivity index (χ2n) is 2.98. The van der Waals surface area contributed by atoms with Crippen LogP contribution in [0.3, 0.4) is 0 Å². The minimum absolute atomic E-state index is 0.962. The van der Waals surface area contributed by atoms with Crippen LogP contribution in [0.1, 0.15) is 0 Å². The van der Waals surface area contributed by atoms with E-state index in [9.17, 15) is 0 Å². The van der Waals surface area contributed by atoms with E-state index in [1.54, 1.807) is 0 Å². The summed E-state index contributed by atoms with van der Waals surface area (Å²) in [5.41, 5.74) is 0. The van der Waals surface area contributed by atoms with E-state index in [-0.39, 0.29) is 0 Å². The van der Waals surface area contributed by atoms with Gasteiger partial charge in [0.2, 0.25) is 0 Å². The molecular weight excluding hydrogens is 152 g/mol. The average Bonchev–Trinajstić information content (AvgIpc) is 2.21. The SMILES string of the molecule is C1=CN=CN(N2CCNCC2)C1. The van der Waals surface area contributed by atoms with E-state index in [0.29, 0.717) is 0 Å². The van der Waals surface area contributed by atoms with Crippen molar-refractivity contribution >= 4 is 6.34 Å². The summed E-state index contributed by atoms with van der Waals surface area (Å²) in [5.74, 6) is 0. The Balaban J connectivity index is 1.90. The van der Waals surface area contributed by atoms with Crippen molar-refractivity contribution < 1.29 is 0 Å². The molecule has 1 saturated heterocycles. The minimum atomic E-state index is 0.962. The molecule has 0 saturated carbocycles. The first-order valence-corrected chi connectivity index (χ1v) is 4.37. The summed E-state index contributed by atoms with van der Waals surface area (Å²) in [4.78, 5) is 4.09. The first-order valence-electron chi connectivity index (χ1n) is 4.37. The fraction of sp³-hybridized carbons (Fsp3) is 0.625. The molecule has 0 aliphatic carbocycles. The summed E-state index contributed by atoms with van der Waals surface area (Å²) in [6, 6.07) is 0. The van der Waals surface area contributed by atoms with Crippen molar-refractivity contribution in [3.05, 3.63) is 12.3 Å². The van der Waals surface area contributed by atoms with Crippen LogP contribution in [0.2, 0.25) is 0 Å². The predicted octanol–water partition coefficient (Wildman–Crippen LogP) is -0.336. The zero-order chi connectivity index (χ0) is 8.23. The predicted molar refractivity (Wildman–Crippen MR) is 48.8 cm³/mol. The fourth-order valence-electron chi connectivity index (χ4n) is 1.48. The van der Waals surface area contributed by atoms with Gasteiger partial charge < -0.3 is 5.32 Å². The summed E-state index contributed by atoms with van der Waals surface area (Å²) in [6.07, 6.45) is 5.81. The van der Waals surface area contributed by atoms with Crippen LogP contribution < -0.4 is 5.32 Å². The Kier molecular flexibility index (Phi) is 2.39. The lowest BCUT2D eigenvalue weighted by molar-refractivity contribution is 0.0463. The molecular formula is C8H14N4. The lowest BCUT2D eigenvalue weighted by Crippen LogP contribution is -2.52. The van der Waals surface area contributed by atoms with Crippen LogP contribution in [0.4, 0.5) is 0 Å². The third-order valence-corrected chi connectivity index (χ3v) is 2.14. The van der Waals surface area contributed by atoms with Crippen molar-refractivity contribution in [2.75, 3.05) is 32.7 Å². The van der Waals surface area contributed by atoms with Gasteiger partial charge in [0.15, 0.2) is 0 Å². The fourth-order valence-corrected chi connectivity index (χ4v) is 1.48. The topological polar surface area (TPSA) is 30.9 Å². The molecule has 2 aliphatic heterocycles. The van der Waals surface area contributed by atoms with E-state index in [1.165, 1.54) is 0 Å². The zero-order valence-corrected chi connectivity index (χ0v) is 7.11. The Morgan fingerprint density at radius 3 is 2.75 bits per heavy atom. The van der Waals surface area contributed by atoms with Crippen molar-refractivity contribution in [3.8, 4) is 0 Å². The van der Waals surface area contributed by atoms with E-state index in [2.05, 4.69) is 26.4 Å². The van der Waals surface area contributed by atoms with Gasteiger partial charge in [-0.15, -0.1) is 0 Å². The molecule has 0 aromatic heterocycles. The van der Waals surface area contributed by atoms with E-state index in [0.717, 1.165) is 32.7 Å². The minimum Gasteiger partial charge on any atom is -0.314 e. The van der Waals surface area contributed by atoms with Crippen LogP contribution >= 0.6 is 0 Å². The van der Waals surface area contributed by atoms with Crippen LogP contribution in [0.15, 0.2) is 17.3 Å². The normalized spacial score (nSPS) is 24.8. The van der Waals surface area contributed by atoms with Crippen molar-refractivity contribution in [1.29, 1.82) is 0 Å². The second kappa shape index (κ2) is 3.69. The zero-order valence-electron chi connectivity index (χ0n) is 7.11. The number of hydrazine groups is 1. The molecule has 0 amide bonds. The molecule has 1 N–H and O–H groups in total. The van der Waals surface area contributed by atoms with Gasteiger partial charge in [0.1, 0.15) is 6.34 Å². The van der Waals surface area contributed by atoms with Gasteiger partial charge in [0.05, 0.1) is 6.54 Å². The van der Waals surface area contributed by atoms with Gasteiger partial charge in [-0.25, -0.2) is 10.0 Å². The van der Waals surface area contributed by atoms with Gasteiger partial charge in [-0.1, -0.05) is 0 Å². The summed E-state index contributed by atoms with van der Waals surface area (Å²) < 4.78 is 0. The van der Waals surface area contributed by atoms with Gasteiger partial charge in [-0.2, -0.15) is 0 Å². The maximum Gasteiger partial charge on any atom is 0.105 e. The van der Waals surface area contributed by atoms with Gasteiger partial charge in [-0.05, 0) is 6.08 Å². The van der Waals surface area contributed by atoms with Crippen molar-refractivity contribution in [2.24, 2.45) is 4.99 Å². The Bertz CT molecular complexity index is 193. The van der Waals surface area contributed by atoms with Crippen molar-refractivity contribution in [2.45, 2.75) is 0 Å². The summed E-state index contributed by atoms with van der Waals surface area (Å²) in [5, 5.41) is 7.81. The number of nitrogens with one attached hydrogen (secondary N) is 1. The van der Waals surface area contributed by atoms with E-state index < -0.39 is 0 Å². The first-order chi connectivity index (χ1) is 5.97. The molecule has 0 bridgehead atoms. The first kappa shape index (κ1) is 7.76. The maximum absolute atomic E-state index is 4.09. The molecule has 4 nitrogen and oxygen atoms in total. The highest BCUT2D eigenvalue weighted by Gasteiger charge is 2.14. The highest BCUT2D eigenvalue weighted by atomic mass is 15.6. The van der Waals surface area contributed by atoms with Gasteiger partial charge in [-0.3, -0.25) is 5.01 Å². The molecule has 2 heterocycles. The van der Waals surface area contributed by atoms with Crippen molar-refractivity contribution in [3.63, 3.8) is 0 Å². The van der Waals surface area contributed by atoms with Crippen LogP contribution in [0, 0.1) is 0 Å². The van der Waals surface area contributed by atoms with Crippen molar-refractivity contribution in [1.82, 2.24) is 15.3 Å². The number of piperazine rings is 1. The second-order valence-corrected chi connectivity index (χ2v) is 2.98.